The van der Waals surface area contributed by atoms with Gasteiger partial charge in [0.25, 0.3) is 0 Å². The van der Waals surface area contributed by atoms with Crippen molar-refractivity contribution in [2.75, 3.05) is 0 Å². The predicted octanol–water partition coefficient (Wildman–Crippen LogP) is 3.97. The van der Waals surface area contributed by atoms with E-state index in [2.05, 4.69) is 21.0 Å². The van der Waals surface area contributed by atoms with E-state index in [9.17, 15) is 9.59 Å². The normalized spacial score (nSPS) is 16.8. The number of hydrogen-bond donors (Lipinski definition) is 1. The number of carbonyl (C=O) groups is 2. The van der Waals surface area contributed by atoms with Crippen molar-refractivity contribution in [3.63, 3.8) is 0 Å². The maximum Gasteiger partial charge on any atom is 0.303 e. The average Bonchev–Trinajstić information content (AvgIpc) is 3.24. The molecule has 0 bridgehead atoms. The number of carbonyl (C=O) groups excluding carboxylic acids is 1. The van der Waals surface area contributed by atoms with Crippen LogP contribution >= 0.6 is 15.9 Å². The van der Waals surface area contributed by atoms with Crippen LogP contribution in [0.4, 0.5) is 0 Å². The summed E-state index contributed by atoms with van der Waals surface area (Å²) in [4.78, 5) is 23.2. The van der Waals surface area contributed by atoms with Crippen molar-refractivity contribution in [2.45, 2.75) is 31.7 Å². The Morgan fingerprint density at radius 1 is 1.24 bits per heavy atom. The number of furan rings is 1. The zero-order valence-corrected chi connectivity index (χ0v) is 15.0. The van der Waals surface area contributed by atoms with Gasteiger partial charge in [0.2, 0.25) is 5.91 Å². The Kier molecular flexibility index (Phi) is 5.33. The molecule has 1 amide bonds. The molecule has 1 aliphatic rings. The summed E-state index contributed by atoms with van der Waals surface area (Å²) < 4.78 is 6.37. The first-order chi connectivity index (χ1) is 12.0. The first-order valence-corrected chi connectivity index (χ1v) is 8.74. The third-order valence-corrected chi connectivity index (χ3v) is 4.54. The van der Waals surface area contributed by atoms with E-state index in [1.807, 2.05) is 30.3 Å². The maximum absolute atomic E-state index is 12.6. The van der Waals surface area contributed by atoms with Gasteiger partial charge in [0.05, 0.1) is 12.3 Å². The van der Waals surface area contributed by atoms with Gasteiger partial charge in [0.1, 0.15) is 11.5 Å². The molecule has 1 aromatic carbocycles. The van der Waals surface area contributed by atoms with Crippen molar-refractivity contribution in [1.29, 1.82) is 0 Å². The van der Waals surface area contributed by atoms with Gasteiger partial charge in [0, 0.05) is 23.7 Å². The monoisotopic (exact) mass is 404 g/mol. The third kappa shape index (κ3) is 4.17. The highest BCUT2D eigenvalue weighted by Gasteiger charge is 2.33. The van der Waals surface area contributed by atoms with E-state index in [0.717, 1.165) is 10.0 Å². The van der Waals surface area contributed by atoms with Crippen molar-refractivity contribution in [1.82, 2.24) is 5.01 Å². The van der Waals surface area contributed by atoms with E-state index >= 15 is 0 Å². The largest absolute Gasteiger partial charge is 0.481 e. The van der Waals surface area contributed by atoms with Crippen LogP contribution in [0.25, 0.3) is 0 Å². The van der Waals surface area contributed by atoms with E-state index < -0.39 is 5.97 Å². The molecule has 6 nitrogen and oxygen atoms in total. The molecule has 0 radical (unpaired) electrons. The fourth-order valence-corrected chi connectivity index (χ4v) is 3.05. The van der Waals surface area contributed by atoms with Gasteiger partial charge in [-0.25, -0.2) is 5.01 Å². The van der Waals surface area contributed by atoms with Crippen molar-refractivity contribution < 1.29 is 19.1 Å². The highest BCUT2D eigenvalue weighted by molar-refractivity contribution is 9.10. The molecule has 1 atom stereocenters. The molecule has 0 spiro atoms. The Morgan fingerprint density at radius 2 is 2.00 bits per heavy atom. The molecule has 0 saturated heterocycles. The summed E-state index contributed by atoms with van der Waals surface area (Å²) in [7, 11) is 0. The second-order valence-electron chi connectivity index (χ2n) is 5.78. The zero-order valence-electron chi connectivity index (χ0n) is 13.4. The minimum absolute atomic E-state index is 0.0305. The minimum Gasteiger partial charge on any atom is -0.481 e. The summed E-state index contributed by atoms with van der Waals surface area (Å²) in [5, 5.41) is 14.7. The van der Waals surface area contributed by atoms with Gasteiger partial charge in [-0.3, -0.25) is 9.59 Å². The molecule has 1 N–H and O–H groups in total. The lowest BCUT2D eigenvalue weighted by molar-refractivity contribution is -0.137. The highest BCUT2D eigenvalue weighted by Crippen LogP contribution is 2.34. The third-order valence-electron chi connectivity index (χ3n) is 4.01. The van der Waals surface area contributed by atoms with Crippen LogP contribution in [0, 0.1) is 0 Å². The quantitative estimate of drug-likeness (QED) is 0.788. The highest BCUT2D eigenvalue weighted by atomic mass is 79.9. The van der Waals surface area contributed by atoms with Gasteiger partial charge in [-0.05, 0) is 36.2 Å². The number of amides is 1. The lowest BCUT2D eigenvalue weighted by Crippen LogP contribution is -2.27. The van der Waals surface area contributed by atoms with Crippen molar-refractivity contribution in [3.8, 4) is 0 Å². The molecule has 7 heteroatoms. The van der Waals surface area contributed by atoms with Gasteiger partial charge < -0.3 is 9.52 Å². The second-order valence-corrected chi connectivity index (χ2v) is 6.70. The van der Waals surface area contributed by atoms with Crippen LogP contribution in [0.3, 0.4) is 0 Å². The van der Waals surface area contributed by atoms with E-state index in [-0.39, 0.29) is 24.8 Å². The Labute approximate surface area is 153 Å². The Morgan fingerprint density at radius 3 is 2.64 bits per heavy atom. The first-order valence-electron chi connectivity index (χ1n) is 7.95. The fourth-order valence-electron chi connectivity index (χ4n) is 2.78. The zero-order chi connectivity index (χ0) is 17.8. The molecule has 0 aliphatic carbocycles. The molecule has 0 saturated carbocycles. The van der Waals surface area contributed by atoms with Gasteiger partial charge in [0.15, 0.2) is 0 Å². The van der Waals surface area contributed by atoms with Crippen LogP contribution < -0.4 is 0 Å². The summed E-state index contributed by atoms with van der Waals surface area (Å²) in [5.74, 6) is -0.447. The van der Waals surface area contributed by atoms with Crippen molar-refractivity contribution in [3.05, 3.63) is 58.5 Å². The number of rotatable bonds is 6. The molecule has 3 rings (SSSR count). The predicted molar refractivity (Wildman–Crippen MR) is 95.1 cm³/mol. The van der Waals surface area contributed by atoms with Gasteiger partial charge in [-0.15, -0.1) is 0 Å². The second kappa shape index (κ2) is 7.65. The first kappa shape index (κ1) is 17.4. The topological polar surface area (TPSA) is 83.1 Å². The van der Waals surface area contributed by atoms with E-state index in [1.54, 1.807) is 12.3 Å². The number of carboxylic acid groups (broad SMARTS) is 1. The van der Waals surface area contributed by atoms with Gasteiger partial charge in [-0.2, -0.15) is 5.10 Å². The number of hydrazone groups is 1. The molecule has 25 heavy (non-hydrogen) atoms. The van der Waals surface area contributed by atoms with Crippen LogP contribution in [0.1, 0.15) is 43.0 Å². The maximum atomic E-state index is 12.6. The van der Waals surface area contributed by atoms with Crippen LogP contribution in [-0.2, 0) is 9.59 Å². The van der Waals surface area contributed by atoms with Crippen LogP contribution in [0.5, 0.6) is 0 Å². The van der Waals surface area contributed by atoms with Crippen molar-refractivity contribution in [2.24, 2.45) is 5.10 Å². The number of aliphatic carboxylic acids is 1. The Bertz CT molecular complexity index is 784. The SMILES string of the molecule is O=C(O)CCCC(=O)N1N=C(c2ccco2)C[C@H]1c1ccc(Br)cc1. The van der Waals surface area contributed by atoms with Crippen LogP contribution in [0.15, 0.2) is 56.7 Å². The lowest BCUT2D eigenvalue weighted by atomic mass is 10.0. The number of carboxylic acids is 1. The molecule has 1 aromatic heterocycles. The minimum atomic E-state index is -0.904. The van der Waals surface area contributed by atoms with Crippen LogP contribution in [0.2, 0.25) is 0 Å². The summed E-state index contributed by atoms with van der Waals surface area (Å²) >= 11 is 3.41. The Hall–Kier alpha value is -2.41. The summed E-state index contributed by atoms with van der Waals surface area (Å²) in [6, 6.07) is 11.1. The van der Waals surface area contributed by atoms with Crippen molar-refractivity contribution >= 4 is 33.5 Å². The lowest BCUT2D eigenvalue weighted by Gasteiger charge is -2.22. The molecular formula is C18H17BrN2O4. The molecule has 0 unspecified atom stereocenters. The number of nitrogens with zero attached hydrogens (tertiary/aromatic N) is 2. The molecule has 2 heterocycles. The van der Waals surface area contributed by atoms with E-state index in [4.69, 9.17) is 9.52 Å². The summed E-state index contributed by atoms with van der Waals surface area (Å²) in [6.45, 7) is 0. The summed E-state index contributed by atoms with van der Waals surface area (Å²) in [5.41, 5.74) is 1.68. The smallest absolute Gasteiger partial charge is 0.303 e. The molecular weight excluding hydrogens is 388 g/mol. The molecule has 0 fully saturated rings. The van der Waals surface area contributed by atoms with Gasteiger partial charge >= 0.3 is 5.97 Å². The van der Waals surface area contributed by atoms with E-state index in [0.29, 0.717) is 24.3 Å². The fraction of sp³-hybridized carbons (Fsp3) is 0.278. The number of benzene rings is 1. The van der Waals surface area contributed by atoms with Gasteiger partial charge in [-0.1, -0.05) is 28.1 Å². The number of halogens is 1. The Balaban J connectivity index is 1.81. The molecule has 2 aromatic rings. The van der Waals surface area contributed by atoms with E-state index in [1.165, 1.54) is 5.01 Å². The number of hydrogen-bond acceptors (Lipinski definition) is 4. The summed E-state index contributed by atoms with van der Waals surface area (Å²) in [6.07, 6.45) is 2.54. The van der Waals surface area contributed by atoms with Crippen LogP contribution in [-0.4, -0.2) is 27.7 Å². The molecule has 1 aliphatic heterocycles. The standard InChI is InChI=1S/C18H17BrN2O4/c19-13-8-6-12(7-9-13)15-11-14(16-3-2-10-25-16)20-21(15)17(22)4-1-5-18(23)24/h2-3,6-10,15H,1,4-5,11H2,(H,23,24)/t15-/m0/s1. The molecule has 130 valence electrons. The average molecular weight is 405 g/mol.